The molecule has 0 radical (unpaired) electrons. The van der Waals surface area contributed by atoms with Crippen LogP contribution in [0.4, 0.5) is 0 Å². The predicted octanol–water partition coefficient (Wildman–Crippen LogP) is 1.57. The fraction of sp³-hybridized carbons (Fsp3) is 0.412. The number of aliphatic carboxylic acids is 1. The molecule has 0 bridgehead atoms. The average molecular weight is 376 g/mol. The lowest BCUT2D eigenvalue weighted by Gasteiger charge is -2.34. The summed E-state index contributed by atoms with van der Waals surface area (Å²) in [5.41, 5.74) is 0. The number of benzene rings is 1. The van der Waals surface area contributed by atoms with Gasteiger partial charge in [0.25, 0.3) is 0 Å². The maximum absolute atomic E-state index is 12.9. The Morgan fingerprint density at radius 3 is 2.62 bits per heavy atom. The summed E-state index contributed by atoms with van der Waals surface area (Å²) in [6, 6.07) is 6.47. The van der Waals surface area contributed by atoms with Crippen molar-refractivity contribution in [3.8, 4) is 5.75 Å². The second kappa shape index (κ2) is 7.36. The Morgan fingerprint density at radius 1 is 1.31 bits per heavy atom. The number of rotatable bonds is 5. The maximum atomic E-state index is 12.9. The van der Waals surface area contributed by atoms with Crippen LogP contribution in [0, 0.1) is 6.92 Å². The molecule has 1 aromatic heterocycles. The average Bonchev–Trinajstić information content (AvgIpc) is 3.00. The Hall–Kier alpha value is -2.55. The number of ether oxygens (including phenoxy) is 1. The van der Waals surface area contributed by atoms with Crippen LogP contribution in [-0.4, -0.2) is 55.0 Å². The van der Waals surface area contributed by atoms with Crippen molar-refractivity contribution >= 4 is 23.6 Å². The van der Waals surface area contributed by atoms with Crippen LogP contribution in [0.5, 0.6) is 5.75 Å². The number of hydrogen-bond acceptors (Lipinski definition) is 6. The number of aromatic nitrogens is 3. The summed E-state index contributed by atoms with van der Waals surface area (Å²) in [6.45, 7) is 3.86. The van der Waals surface area contributed by atoms with Gasteiger partial charge >= 0.3 is 5.97 Å². The first-order chi connectivity index (χ1) is 12.4. The van der Waals surface area contributed by atoms with Crippen LogP contribution in [0.15, 0.2) is 29.2 Å². The van der Waals surface area contributed by atoms with Crippen molar-refractivity contribution in [3.05, 3.63) is 35.9 Å². The van der Waals surface area contributed by atoms with Gasteiger partial charge < -0.3 is 19.3 Å². The minimum atomic E-state index is -1.03. The van der Waals surface area contributed by atoms with Gasteiger partial charge in [0.15, 0.2) is 5.82 Å². The predicted molar refractivity (Wildman–Crippen MR) is 95.0 cm³/mol. The van der Waals surface area contributed by atoms with Crippen LogP contribution in [0.1, 0.15) is 18.6 Å². The summed E-state index contributed by atoms with van der Waals surface area (Å²) in [5, 5.41) is 17.2. The SMILES string of the molecule is COc1ccc(SC(C)C(=O)N2Cc3nnc(C)n3CC2C(=O)O)cc1. The second-order valence-corrected chi connectivity index (χ2v) is 7.44. The molecule has 2 aromatic rings. The Morgan fingerprint density at radius 2 is 2.00 bits per heavy atom. The summed E-state index contributed by atoms with van der Waals surface area (Å²) in [4.78, 5) is 26.9. The third-order valence-corrected chi connectivity index (χ3v) is 5.44. The summed E-state index contributed by atoms with van der Waals surface area (Å²) < 4.78 is 6.88. The van der Waals surface area contributed by atoms with Gasteiger partial charge in [-0.2, -0.15) is 0 Å². The Labute approximate surface area is 155 Å². The Balaban J connectivity index is 1.76. The zero-order chi connectivity index (χ0) is 18.8. The second-order valence-electron chi connectivity index (χ2n) is 6.03. The first-order valence-electron chi connectivity index (χ1n) is 8.13. The van der Waals surface area contributed by atoms with E-state index in [0.717, 1.165) is 10.6 Å². The van der Waals surface area contributed by atoms with Crippen LogP contribution in [0.3, 0.4) is 0 Å². The quantitative estimate of drug-likeness (QED) is 0.791. The van der Waals surface area contributed by atoms with Crippen molar-refractivity contribution in [1.29, 1.82) is 0 Å². The number of carboxylic acids is 1. The molecule has 2 heterocycles. The highest BCUT2D eigenvalue weighted by molar-refractivity contribution is 8.00. The zero-order valence-corrected chi connectivity index (χ0v) is 15.6. The van der Waals surface area contributed by atoms with Crippen LogP contribution in [-0.2, 0) is 22.7 Å². The van der Waals surface area contributed by atoms with Crippen molar-refractivity contribution < 1.29 is 19.4 Å². The van der Waals surface area contributed by atoms with E-state index in [1.165, 1.54) is 16.7 Å². The summed E-state index contributed by atoms with van der Waals surface area (Å²) in [6.07, 6.45) is 0. The van der Waals surface area contributed by atoms with E-state index in [9.17, 15) is 14.7 Å². The van der Waals surface area contributed by atoms with E-state index < -0.39 is 17.3 Å². The molecule has 1 aliphatic heterocycles. The van der Waals surface area contributed by atoms with Gasteiger partial charge in [-0.15, -0.1) is 22.0 Å². The van der Waals surface area contributed by atoms with Gasteiger partial charge in [0.1, 0.15) is 17.6 Å². The summed E-state index contributed by atoms with van der Waals surface area (Å²) in [7, 11) is 1.59. The van der Waals surface area contributed by atoms with Gasteiger partial charge in [-0.05, 0) is 38.1 Å². The van der Waals surface area contributed by atoms with Crippen LogP contribution < -0.4 is 4.74 Å². The van der Waals surface area contributed by atoms with E-state index in [2.05, 4.69) is 10.2 Å². The maximum Gasteiger partial charge on any atom is 0.328 e. The molecule has 26 heavy (non-hydrogen) atoms. The van der Waals surface area contributed by atoms with E-state index in [4.69, 9.17) is 4.74 Å². The van der Waals surface area contributed by atoms with E-state index in [-0.39, 0.29) is 19.0 Å². The van der Waals surface area contributed by atoms with Crippen LogP contribution in [0.2, 0.25) is 0 Å². The molecule has 0 saturated heterocycles. The number of nitrogens with zero attached hydrogens (tertiary/aromatic N) is 4. The van der Waals surface area contributed by atoms with Crippen molar-refractivity contribution in [2.45, 2.75) is 43.1 Å². The number of thioether (sulfide) groups is 1. The number of amides is 1. The standard InChI is InChI=1S/C17H20N4O4S/c1-10(26-13-6-4-12(25-3)5-7-13)16(22)21-9-15-19-18-11(2)20(15)8-14(21)17(23)24/h4-7,10,14H,8-9H2,1-3H3,(H,23,24). The van der Waals surface area contributed by atoms with Crippen molar-refractivity contribution in [2.24, 2.45) is 0 Å². The van der Waals surface area contributed by atoms with Crippen molar-refractivity contribution in [2.75, 3.05) is 7.11 Å². The molecule has 1 aromatic carbocycles. The lowest BCUT2D eigenvalue weighted by molar-refractivity contribution is -0.152. The fourth-order valence-corrected chi connectivity index (χ4v) is 3.84. The monoisotopic (exact) mass is 376 g/mol. The van der Waals surface area contributed by atoms with Gasteiger partial charge in [0.2, 0.25) is 5.91 Å². The lowest BCUT2D eigenvalue weighted by atomic mass is 10.1. The first-order valence-corrected chi connectivity index (χ1v) is 9.01. The molecule has 3 rings (SSSR count). The topological polar surface area (TPSA) is 97.5 Å². The largest absolute Gasteiger partial charge is 0.497 e. The van der Waals surface area contributed by atoms with Gasteiger partial charge in [-0.25, -0.2) is 4.79 Å². The minimum Gasteiger partial charge on any atom is -0.497 e. The van der Waals surface area contributed by atoms with Gasteiger partial charge in [-0.1, -0.05) is 0 Å². The molecule has 1 N–H and O–H groups in total. The number of carbonyl (C=O) groups is 2. The molecule has 138 valence electrons. The molecule has 0 fully saturated rings. The van der Waals surface area contributed by atoms with Crippen molar-refractivity contribution in [3.63, 3.8) is 0 Å². The lowest BCUT2D eigenvalue weighted by Crippen LogP contribution is -2.52. The summed E-state index contributed by atoms with van der Waals surface area (Å²) in [5.74, 6) is 0.739. The van der Waals surface area contributed by atoms with Crippen LogP contribution >= 0.6 is 11.8 Å². The fourth-order valence-electron chi connectivity index (χ4n) is 2.90. The van der Waals surface area contributed by atoms with E-state index >= 15 is 0 Å². The molecular formula is C17H20N4O4S. The highest BCUT2D eigenvalue weighted by Gasteiger charge is 2.38. The molecule has 9 heteroatoms. The van der Waals surface area contributed by atoms with E-state index in [0.29, 0.717) is 11.6 Å². The van der Waals surface area contributed by atoms with Gasteiger partial charge in [0.05, 0.1) is 25.4 Å². The molecule has 8 nitrogen and oxygen atoms in total. The molecule has 1 amide bonds. The Kier molecular flexibility index (Phi) is 5.17. The van der Waals surface area contributed by atoms with E-state index in [1.54, 1.807) is 25.5 Å². The minimum absolute atomic E-state index is 0.143. The number of carboxylic acid groups (broad SMARTS) is 1. The van der Waals surface area contributed by atoms with Crippen LogP contribution in [0.25, 0.3) is 0 Å². The normalized spacial score (nSPS) is 17.5. The number of carbonyl (C=O) groups excluding carboxylic acids is 1. The number of hydrogen-bond donors (Lipinski definition) is 1. The molecule has 2 atom stereocenters. The van der Waals surface area contributed by atoms with Crippen molar-refractivity contribution in [1.82, 2.24) is 19.7 Å². The third kappa shape index (κ3) is 3.52. The Bertz CT molecular complexity index is 821. The molecule has 0 aliphatic carbocycles. The smallest absolute Gasteiger partial charge is 0.328 e. The van der Waals surface area contributed by atoms with Gasteiger partial charge in [-0.3, -0.25) is 4.79 Å². The number of methoxy groups -OCH3 is 1. The van der Waals surface area contributed by atoms with Gasteiger partial charge in [0, 0.05) is 4.90 Å². The molecule has 0 spiro atoms. The number of aryl methyl sites for hydroxylation is 1. The molecule has 1 aliphatic rings. The highest BCUT2D eigenvalue weighted by atomic mass is 32.2. The van der Waals surface area contributed by atoms with E-state index in [1.807, 2.05) is 24.3 Å². The zero-order valence-electron chi connectivity index (χ0n) is 14.7. The first kappa shape index (κ1) is 18.2. The third-order valence-electron chi connectivity index (χ3n) is 4.34. The number of fused-ring (bicyclic) bond motifs is 1. The molecular weight excluding hydrogens is 356 g/mol. The summed E-state index contributed by atoms with van der Waals surface area (Å²) >= 11 is 1.38. The highest BCUT2D eigenvalue weighted by Crippen LogP contribution is 2.28. The molecule has 0 saturated carbocycles. The molecule has 2 unspecified atom stereocenters.